The number of nitrogens with one attached hydrogen (secondary N) is 2. The van der Waals surface area contributed by atoms with Crippen LogP contribution in [0.15, 0.2) is 30.6 Å². The van der Waals surface area contributed by atoms with Crippen LogP contribution in [0.3, 0.4) is 0 Å². The van der Waals surface area contributed by atoms with Crippen molar-refractivity contribution in [2.45, 2.75) is 37.8 Å². The third kappa shape index (κ3) is 2.90. The smallest absolute Gasteiger partial charge is 0.126 e. The van der Waals surface area contributed by atoms with E-state index in [4.69, 9.17) is 5.73 Å². The molecule has 0 bridgehead atoms. The van der Waals surface area contributed by atoms with Crippen LogP contribution < -0.4 is 11.1 Å². The number of aliphatic hydroxyl groups excluding tert-OH is 1. The zero-order valence-corrected chi connectivity index (χ0v) is 13.2. The third-order valence-electron chi connectivity index (χ3n) is 4.48. The normalized spacial score (nSPS) is 21.0. The molecule has 3 heterocycles. The van der Waals surface area contributed by atoms with E-state index in [-0.39, 0.29) is 12.1 Å². The molecular weight excluding hydrogens is 304 g/mol. The van der Waals surface area contributed by atoms with E-state index < -0.39 is 0 Å². The predicted octanol–water partition coefficient (Wildman–Crippen LogP) is 2.32. The van der Waals surface area contributed by atoms with Gasteiger partial charge in [-0.15, -0.1) is 0 Å². The lowest BCUT2D eigenvalue weighted by Crippen LogP contribution is -2.30. The Hall–Kier alpha value is -2.67. The summed E-state index contributed by atoms with van der Waals surface area (Å²) in [6, 6.07) is 5.88. The van der Waals surface area contributed by atoms with Crippen molar-refractivity contribution in [3.63, 3.8) is 0 Å². The highest BCUT2D eigenvalue weighted by molar-refractivity contribution is 5.91. The molecule has 4 rings (SSSR count). The van der Waals surface area contributed by atoms with E-state index in [0.717, 1.165) is 53.7 Å². The Morgan fingerprint density at radius 1 is 1.29 bits per heavy atom. The number of fused-ring (bicyclic) bond motifs is 1. The Bertz CT molecular complexity index is 848. The lowest BCUT2D eigenvalue weighted by molar-refractivity contribution is 0.124. The summed E-state index contributed by atoms with van der Waals surface area (Å²) in [6.45, 7) is 0. The largest absolute Gasteiger partial charge is 0.393 e. The Balaban J connectivity index is 1.70. The van der Waals surface area contributed by atoms with Gasteiger partial charge in [0.2, 0.25) is 0 Å². The van der Waals surface area contributed by atoms with Crippen LogP contribution in [0.1, 0.15) is 25.7 Å². The van der Waals surface area contributed by atoms with Crippen molar-refractivity contribution in [1.82, 2.24) is 20.2 Å². The predicted molar refractivity (Wildman–Crippen MR) is 93.4 cm³/mol. The second kappa shape index (κ2) is 6.09. The topological polar surface area (TPSA) is 113 Å². The quantitative estimate of drug-likeness (QED) is 0.588. The number of hydrogen-bond donors (Lipinski definition) is 4. The first-order chi connectivity index (χ1) is 11.7. The molecule has 0 spiro atoms. The maximum atomic E-state index is 9.87. The van der Waals surface area contributed by atoms with Gasteiger partial charge in [-0.1, -0.05) is 0 Å². The van der Waals surface area contributed by atoms with Crippen LogP contribution in [0.4, 0.5) is 11.5 Å². The molecular formula is C17H20N6O. The van der Waals surface area contributed by atoms with Gasteiger partial charge in [0.15, 0.2) is 0 Å². The van der Waals surface area contributed by atoms with Crippen molar-refractivity contribution in [2.24, 2.45) is 0 Å². The van der Waals surface area contributed by atoms with Crippen LogP contribution in [-0.4, -0.2) is 37.4 Å². The summed E-state index contributed by atoms with van der Waals surface area (Å²) in [5.74, 6) is 0.449. The molecule has 0 aliphatic heterocycles. The highest BCUT2D eigenvalue weighted by atomic mass is 16.3. The standard InChI is InChI=1S/C17H20N6O/c18-16-8-15(21-11-2-1-3-12(24)7-11)17-14(22-16)6-10(9-19-17)13-4-5-20-23-13/h4-6,8-9,11-12,24H,1-3,7H2,(H,20,23)(H3,18,21,22). The first kappa shape index (κ1) is 14.9. The van der Waals surface area contributed by atoms with Crippen LogP contribution in [0.2, 0.25) is 0 Å². The van der Waals surface area contributed by atoms with Crippen LogP contribution >= 0.6 is 0 Å². The molecule has 0 radical (unpaired) electrons. The fourth-order valence-electron chi connectivity index (χ4n) is 3.32. The zero-order chi connectivity index (χ0) is 16.5. The average Bonchev–Trinajstić information content (AvgIpc) is 3.08. The average molecular weight is 324 g/mol. The van der Waals surface area contributed by atoms with Gasteiger partial charge in [0, 0.05) is 30.1 Å². The Morgan fingerprint density at radius 3 is 3.00 bits per heavy atom. The van der Waals surface area contributed by atoms with Gasteiger partial charge in [-0.3, -0.25) is 10.1 Å². The molecule has 2 unspecified atom stereocenters. The number of nitrogen functional groups attached to an aromatic ring is 1. The van der Waals surface area contributed by atoms with E-state index >= 15 is 0 Å². The van der Waals surface area contributed by atoms with Crippen LogP contribution in [0.25, 0.3) is 22.3 Å². The Morgan fingerprint density at radius 2 is 2.21 bits per heavy atom. The lowest BCUT2D eigenvalue weighted by atomic mass is 9.93. The fourth-order valence-corrected chi connectivity index (χ4v) is 3.32. The number of nitrogens with zero attached hydrogens (tertiary/aromatic N) is 3. The van der Waals surface area contributed by atoms with Crippen LogP contribution in [0, 0.1) is 0 Å². The molecule has 2 atom stereocenters. The molecule has 7 nitrogen and oxygen atoms in total. The number of pyridine rings is 2. The molecule has 1 aliphatic rings. The van der Waals surface area contributed by atoms with Gasteiger partial charge in [0.1, 0.15) is 11.3 Å². The molecule has 24 heavy (non-hydrogen) atoms. The summed E-state index contributed by atoms with van der Waals surface area (Å²) >= 11 is 0. The number of H-pyrrole nitrogens is 1. The maximum Gasteiger partial charge on any atom is 0.126 e. The lowest BCUT2D eigenvalue weighted by Gasteiger charge is -2.27. The van der Waals surface area contributed by atoms with E-state index in [1.165, 1.54) is 0 Å². The van der Waals surface area contributed by atoms with Gasteiger partial charge in [-0.25, -0.2) is 4.98 Å². The second-order valence-electron chi connectivity index (χ2n) is 6.32. The summed E-state index contributed by atoms with van der Waals surface area (Å²) in [5.41, 5.74) is 10.2. The highest BCUT2D eigenvalue weighted by Crippen LogP contribution is 2.29. The maximum absolute atomic E-state index is 9.87. The van der Waals surface area contributed by atoms with Crippen molar-refractivity contribution in [2.75, 3.05) is 11.1 Å². The first-order valence-corrected chi connectivity index (χ1v) is 8.19. The first-order valence-electron chi connectivity index (χ1n) is 8.19. The molecule has 0 aromatic carbocycles. The molecule has 7 heteroatoms. The van der Waals surface area contributed by atoms with Crippen LogP contribution in [0.5, 0.6) is 0 Å². The summed E-state index contributed by atoms with van der Waals surface area (Å²) in [5, 5.41) is 20.2. The number of aromatic amines is 1. The van der Waals surface area contributed by atoms with Gasteiger partial charge < -0.3 is 16.2 Å². The SMILES string of the molecule is Nc1cc(NC2CCCC(O)C2)c2ncc(-c3ccn[nH]3)cc2n1. The van der Waals surface area contributed by atoms with Gasteiger partial charge >= 0.3 is 0 Å². The highest BCUT2D eigenvalue weighted by Gasteiger charge is 2.21. The number of aliphatic hydroxyl groups is 1. The molecule has 1 aliphatic carbocycles. The molecule has 1 saturated carbocycles. The molecule has 5 N–H and O–H groups in total. The monoisotopic (exact) mass is 324 g/mol. The second-order valence-corrected chi connectivity index (χ2v) is 6.32. The molecule has 0 amide bonds. The van der Waals surface area contributed by atoms with E-state index in [1.54, 1.807) is 12.4 Å². The van der Waals surface area contributed by atoms with Gasteiger partial charge in [0.05, 0.1) is 23.0 Å². The molecule has 3 aromatic rings. The minimum absolute atomic E-state index is 0.229. The minimum Gasteiger partial charge on any atom is -0.393 e. The minimum atomic E-state index is -0.235. The van der Waals surface area contributed by atoms with E-state index in [9.17, 15) is 5.11 Å². The molecule has 1 fully saturated rings. The number of hydrogen-bond acceptors (Lipinski definition) is 6. The number of aromatic nitrogens is 4. The van der Waals surface area contributed by atoms with Crippen molar-refractivity contribution in [1.29, 1.82) is 0 Å². The van der Waals surface area contributed by atoms with Gasteiger partial charge in [-0.05, 0) is 37.8 Å². The Labute approximate surface area is 139 Å². The van der Waals surface area contributed by atoms with Crippen molar-refractivity contribution in [3.05, 3.63) is 30.6 Å². The van der Waals surface area contributed by atoms with Crippen molar-refractivity contribution >= 4 is 22.5 Å². The van der Waals surface area contributed by atoms with Crippen molar-refractivity contribution in [3.8, 4) is 11.3 Å². The molecule has 0 saturated heterocycles. The fraction of sp³-hybridized carbons (Fsp3) is 0.353. The van der Waals surface area contributed by atoms with E-state index in [1.807, 2.05) is 18.2 Å². The zero-order valence-electron chi connectivity index (χ0n) is 13.2. The van der Waals surface area contributed by atoms with Crippen LogP contribution in [-0.2, 0) is 0 Å². The van der Waals surface area contributed by atoms with Crippen molar-refractivity contribution < 1.29 is 5.11 Å². The summed E-state index contributed by atoms with van der Waals surface area (Å²) in [6.07, 6.45) is 6.95. The molecule has 124 valence electrons. The summed E-state index contributed by atoms with van der Waals surface area (Å²) in [7, 11) is 0. The summed E-state index contributed by atoms with van der Waals surface area (Å²) in [4.78, 5) is 8.98. The van der Waals surface area contributed by atoms with E-state index in [0.29, 0.717) is 5.82 Å². The summed E-state index contributed by atoms with van der Waals surface area (Å²) < 4.78 is 0. The van der Waals surface area contributed by atoms with Gasteiger partial charge in [0.25, 0.3) is 0 Å². The number of nitrogens with two attached hydrogens (primary N) is 1. The third-order valence-corrected chi connectivity index (χ3v) is 4.48. The number of anilines is 2. The number of rotatable bonds is 3. The molecule has 3 aromatic heterocycles. The van der Waals surface area contributed by atoms with Gasteiger partial charge in [-0.2, -0.15) is 5.10 Å². The van der Waals surface area contributed by atoms with E-state index in [2.05, 4.69) is 25.5 Å². The Kier molecular flexibility index (Phi) is 3.78.